The topological polar surface area (TPSA) is 21.3 Å². The molecule has 1 fully saturated rings. The van der Waals surface area contributed by atoms with Gasteiger partial charge < -0.3 is 10.1 Å². The average Bonchev–Trinajstić information content (AvgIpc) is 2.18. The van der Waals surface area contributed by atoms with E-state index in [-0.39, 0.29) is 0 Å². The van der Waals surface area contributed by atoms with Gasteiger partial charge in [-0.05, 0) is 39.7 Å². The average molecular weight is 183 g/mol. The summed E-state index contributed by atoms with van der Waals surface area (Å²) in [6, 6.07) is 0.503. The maximum absolute atomic E-state index is 5.32. The highest BCUT2D eigenvalue weighted by atomic mass is 16.5. The predicted octanol–water partition coefficient (Wildman–Crippen LogP) is 1.97. The summed E-state index contributed by atoms with van der Waals surface area (Å²) in [5.41, 5.74) is 1.45. The molecule has 0 aromatic heterocycles. The lowest BCUT2D eigenvalue weighted by Gasteiger charge is -2.21. The Hall–Kier alpha value is -0.340. The minimum Gasteiger partial charge on any atom is -0.381 e. The molecule has 76 valence electrons. The van der Waals surface area contributed by atoms with Crippen LogP contribution in [0.1, 0.15) is 26.7 Å². The zero-order valence-electron chi connectivity index (χ0n) is 8.97. The summed E-state index contributed by atoms with van der Waals surface area (Å²) < 4.78 is 5.32. The molecule has 1 atom stereocenters. The van der Waals surface area contributed by atoms with Crippen LogP contribution in [0, 0.1) is 5.92 Å². The van der Waals surface area contributed by atoms with Gasteiger partial charge in [-0.15, -0.1) is 0 Å². The van der Waals surface area contributed by atoms with E-state index < -0.39 is 0 Å². The molecule has 2 heteroatoms. The molecule has 0 amide bonds. The maximum Gasteiger partial charge on any atom is 0.0471 e. The van der Waals surface area contributed by atoms with Gasteiger partial charge in [-0.1, -0.05) is 11.6 Å². The molecule has 0 radical (unpaired) electrons. The standard InChI is InChI=1S/C11H21NO/c1-9(10(2)12-3)8-11-4-6-13-7-5-11/h8,10-12H,4-7H2,1-3H3. The first-order chi connectivity index (χ1) is 6.24. The van der Waals surface area contributed by atoms with Crippen molar-refractivity contribution in [2.75, 3.05) is 20.3 Å². The predicted molar refractivity (Wildman–Crippen MR) is 55.8 cm³/mol. The van der Waals surface area contributed by atoms with Crippen molar-refractivity contribution in [2.24, 2.45) is 5.92 Å². The van der Waals surface area contributed by atoms with Crippen molar-refractivity contribution in [3.63, 3.8) is 0 Å². The first-order valence-electron chi connectivity index (χ1n) is 5.17. The fourth-order valence-corrected chi connectivity index (χ4v) is 1.63. The molecule has 0 spiro atoms. The third-order valence-electron chi connectivity index (χ3n) is 2.88. The Kier molecular flexibility index (Phi) is 4.46. The smallest absolute Gasteiger partial charge is 0.0471 e. The van der Waals surface area contributed by atoms with Crippen molar-refractivity contribution >= 4 is 0 Å². The second-order valence-corrected chi connectivity index (χ2v) is 3.87. The van der Waals surface area contributed by atoms with Crippen molar-refractivity contribution in [3.8, 4) is 0 Å². The lowest BCUT2D eigenvalue weighted by Crippen LogP contribution is -2.23. The van der Waals surface area contributed by atoms with Crippen LogP contribution in [0.25, 0.3) is 0 Å². The SMILES string of the molecule is CNC(C)C(C)=CC1CCOCC1. The number of allylic oxidation sites excluding steroid dienone is 1. The summed E-state index contributed by atoms with van der Waals surface area (Å²) in [6.07, 6.45) is 4.78. The number of likely N-dealkylation sites (N-methyl/N-ethyl adjacent to an activating group) is 1. The second-order valence-electron chi connectivity index (χ2n) is 3.87. The number of hydrogen-bond donors (Lipinski definition) is 1. The van der Waals surface area contributed by atoms with E-state index in [1.807, 2.05) is 7.05 Å². The minimum atomic E-state index is 0.503. The van der Waals surface area contributed by atoms with Gasteiger partial charge in [0.1, 0.15) is 0 Å². The molecule has 1 heterocycles. The Bertz CT molecular complexity index is 171. The van der Waals surface area contributed by atoms with Crippen LogP contribution in [-0.2, 0) is 4.74 Å². The highest BCUT2D eigenvalue weighted by molar-refractivity contribution is 5.08. The molecule has 1 rings (SSSR count). The summed E-state index contributed by atoms with van der Waals surface area (Å²) >= 11 is 0. The largest absolute Gasteiger partial charge is 0.381 e. The second kappa shape index (κ2) is 5.40. The molecule has 0 bridgehead atoms. The summed E-state index contributed by atoms with van der Waals surface area (Å²) in [4.78, 5) is 0. The summed E-state index contributed by atoms with van der Waals surface area (Å²) in [5.74, 6) is 0.740. The fraction of sp³-hybridized carbons (Fsp3) is 0.818. The van der Waals surface area contributed by atoms with Crippen LogP contribution >= 0.6 is 0 Å². The molecule has 1 saturated heterocycles. The zero-order valence-corrected chi connectivity index (χ0v) is 8.97. The van der Waals surface area contributed by atoms with Gasteiger partial charge >= 0.3 is 0 Å². The third-order valence-corrected chi connectivity index (χ3v) is 2.88. The van der Waals surface area contributed by atoms with E-state index >= 15 is 0 Å². The summed E-state index contributed by atoms with van der Waals surface area (Å²) in [5, 5.41) is 3.25. The molecular formula is C11H21NO. The van der Waals surface area contributed by atoms with Crippen LogP contribution in [-0.4, -0.2) is 26.3 Å². The molecule has 0 aliphatic carbocycles. The van der Waals surface area contributed by atoms with E-state index in [2.05, 4.69) is 25.2 Å². The lowest BCUT2D eigenvalue weighted by atomic mass is 9.96. The van der Waals surface area contributed by atoms with Gasteiger partial charge in [0.15, 0.2) is 0 Å². The van der Waals surface area contributed by atoms with Crippen LogP contribution in [0.4, 0.5) is 0 Å². The highest BCUT2D eigenvalue weighted by Gasteiger charge is 2.12. The molecule has 1 N–H and O–H groups in total. The zero-order chi connectivity index (χ0) is 9.68. The molecule has 0 aromatic carbocycles. The van der Waals surface area contributed by atoms with Gasteiger partial charge in [0.25, 0.3) is 0 Å². The quantitative estimate of drug-likeness (QED) is 0.675. The molecule has 1 aliphatic heterocycles. The van der Waals surface area contributed by atoms with Crippen LogP contribution in [0.3, 0.4) is 0 Å². The minimum absolute atomic E-state index is 0.503. The van der Waals surface area contributed by atoms with E-state index in [4.69, 9.17) is 4.74 Å². The van der Waals surface area contributed by atoms with E-state index in [0.717, 1.165) is 19.1 Å². The van der Waals surface area contributed by atoms with E-state index in [9.17, 15) is 0 Å². The normalized spacial score (nSPS) is 23.2. The lowest BCUT2D eigenvalue weighted by molar-refractivity contribution is 0.0783. The maximum atomic E-state index is 5.32. The van der Waals surface area contributed by atoms with Gasteiger partial charge in [-0.3, -0.25) is 0 Å². The Labute approximate surface area is 81.4 Å². The first-order valence-corrected chi connectivity index (χ1v) is 5.17. The fourth-order valence-electron chi connectivity index (χ4n) is 1.63. The Morgan fingerprint density at radius 1 is 1.46 bits per heavy atom. The van der Waals surface area contributed by atoms with Gasteiger partial charge in [0, 0.05) is 19.3 Å². The van der Waals surface area contributed by atoms with Gasteiger partial charge in [0.05, 0.1) is 0 Å². The van der Waals surface area contributed by atoms with E-state index in [1.54, 1.807) is 0 Å². The van der Waals surface area contributed by atoms with Crippen LogP contribution in [0.15, 0.2) is 11.6 Å². The number of nitrogens with one attached hydrogen (secondary N) is 1. The van der Waals surface area contributed by atoms with Gasteiger partial charge in [0.2, 0.25) is 0 Å². The van der Waals surface area contributed by atoms with Crippen molar-refractivity contribution in [1.29, 1.82) is 0 Å². The monoisotopic (exact) mass is 183 g/mol. The molecular weight excluding hydrogens is 162 g/mol. The van der Waals surface area contributed by atoms with Gasteiger partial charge in [-0.25, -0.2) is 0 Å². The highest BCUT2D eigenvalue weighted by Crippen LogP contribution is 2.18. The summed E-state index contributed by atoms with van der Waals surface area (Å²) in [6.45, 7) is 6.27. The summed E-state index contributed by atoms with van der Waals surface area (Å²) in [7, 11) is 2.01. The van der Waals surface area contributed by atoms with Crippen molar-refractivity contribution < 1.29 is 4.74 Å². The number of rotatable bonds is 3. The van der Waals surface area contributed by atoms with Crippen LogP contribution in [0.2, 0.25) is 0 Å². The molecule has 0 aromatic rings. The van der Waals surface area contributed by atoms with Crippen molar-refractivity contribution in [1.82, 2.24) is 5.32 Å². The van der Waals surface area contributed by atoms with Crippen molar-refractivity contribution in [2.45, 2.75) is 32.7 Å². The van der Waals surface area contributed by atoms with E-state index in [0.29, 0.717) is 6.04 Å². The third kappa shape index (κ3) is 3.49. The number of ether oxygens (including phenoxy) is 1. The number of hydrogen-bond acceptors (Lipinski definition) is 2. The molecule has 1 unspecified atom stereocenters. The van der Waals surface area contributed by atoms with Crippen molar-refractivity contribution in [3.05, 3.63) is 11.6 Å². The molecule has 0 saturated carbocycles. The Morgan fingerprint density at radius 3 is 2.62 bits per heavy atom. The molecule has 1 aliphatic rings. The first kappa shape index (κ1) is 10.7. The van der Waals surface area contributed by atoms with Crippen LogP contribution < -0.4 is 5.32 Å². The molecule has 2 nitrogen and oxygen atoms in total. The Morgan fingerprint density at radius 2 is 2.08 bits per heavy atom. The molecule has 13 heavy (non-hydrogen) atoms. The van der Waals surface area contributed by atoms with Gasteiger partial charge in [-0.2, -0.15) is 0 Å². The van der Waals surface area contributed by atoms with Crippen LogP contribution in [0.5, 0.6) is 0 Å². The Balaban J connectivity index is 2.42. The van der Waals surface area contributed by atoms with E-state index in [1.165, 1.54) is 18.4 Å².